The normalized spacial score (nSPS) is 26.7. The molecule has 0 radical (unpaired) electrons. The molecule has 6 nitrogen and oxygen atoms in total. The van der Waals surface area contributed by atoms with Gasteiger partial charge >= 0.3 is 6.18 Å². The Morgan fingerprint density at radius 1 is 1.12 bits per heavy atom. The first-order chi connectivity index (χ1) is 15.2. The molecule has 2 aromatic carbocycles. The molecule has 1 heterocycles. The van der Waals surface area contributed by atoms with Crippen molar-refractivity contribution in [1.82, 2.24) is 0 Å². The van der Waals surface area contributed by atoms with Gasteiger partial charge in [-0.05, 0) is 67.1 Å². The van der Waals surface area contributed by atoms with Gasteiger partial charge in [0.1, 0.15) is 18.0 Å². The van der Waals surface area contributed by atoms with E-state index in [2.05, 4.69) is 5.32 Å². The van der Waals surface area contributed by atoms with E-state index in [1.807, 2.05) is 6.07 Å². The zero-order valence-corrected chi connectivity index (χ0v) is 16.9. The number of aliphatic hydroxyl groups excluding tert-OH is 1. The highest BCUT2D eigenvalue weighted by Crippen LogP contribution is 2.44. The molecule has 4 atom stereocenters. The van der Waals surface area contributed by atoms with Crippen LogP contribution in [-0.2, 0) is 12.6 Å². The third kappa shape index (κ3) is 3.86. The zero-order valence-electron chi connectivity index (χ0n) is 16.9. The molecular weight excluding hydrogens is 423 g/mol. The summed E-state index contributed by atoms with van der Waals surface area (Å²) in [7, 11) is 0. The van der Waals surface area contributed by atoms with Crippen LogP contribution in [0.3, 0.4) is 0 Å². The Kier molecular flexibility index (Phi) is 5.49. The lowest BCUT2D eigenvalue weighted by Crippen LogP contribution is -2.65. The van der Waals surface area contributed by atoms with Crippen LogP contribution < -0.4 is 10.1 Å². The van der Waals surface area contributed by atoms with E-state index in [0.29, 0.717) is 36.1 Å². The van der Waals surface area contributed by atoms with Crippen molar-refractivity contribution in [3.05, 3.63) is 58.7 Å². The summed E-state index contributed by atoms with van der Waals surface area (Å²) in [4.78, 5) is 0. The standard InChI is InChI=1S/C23H20F3N3O3/c24-23(25,26)18-9-19-15(8-16(18)11-28)7-14-3-6-20(30)22(31,21(14)29-19)12-32-17-4-1-13(10-27)2-5-17/h1-2,4-5,8-9,14,20-21,29-31H,3,6-7,12H2/t14?,20?,21?,22-/m1/s1. The van der Waals surface area contributed by atoms with Gasteiger partial charge in [0.05, 0.1) is 41.0 Å². The zero-order chi connectivity index (χ0) is 23.1. The molecule has 0 saturated heterocycles. The minimum Gasteiger partial charge on any atom is -0.490 e. The van der Waals surface area contributed by atoms with Crippen LogP contribution in [0, 0.1) is 28.6 Å². The van der Waals surface area contributed by atoms with E-state index in [0.717, 1.165) is 6.07 Å². The molecule has 0 spiro atoms. The highest BCUT2D eigenvalue weighted by atomic mass is 19.4. The molecule has 2 aliphatic rings. The fourth-order valence-corrected chi connectivity index (χ4v) is 4.60. The van der Waals surface area contributed by atoms with Gasteiger partial charge in [-0.3, -0.25) is 0 Å². The number of hydrogen-bond acceptors (Lipinski definition) is 6. The quantitative estimate of drug-likeness (QED) is 0.671. The molecule has 1 fully saturated rings. The van der Waals surface area contributed by atoms with Crippen LogP contribution >= 0.6 is 0 Å². The summed E-state index contributed by atoms with van der Waals surface area (Å²) < 4.78 is 45.9. The van der Waals surface area contributed by atoms with Crippen LogP contribution in [0.15, 0.2) is 36.4 Å². The minimum atomic E-state index is -4.69. The predicted octanol–water partition coefficient (Wildman–Crippen LogP) is 3.37. The van der Waals surface area contributed by atoms with E-state index in [1.165, 1.54) is 6.07 Å². The van der Waals surface area contributed by atoms with Crippen molar-refractivity contribution >= 4 is 5.69 Å². The number of nitrogens with zero attached hydrogens (tertiary/aromatic N) is 2. The molecule has 3 unspecified atom stereocenters. The number of anilines is 1. The number of fused-ring (bicyclic) bond motifs is 2. The molecule has 0 aromatic heterocycles. The fraction of sp³-hybridized carbons (Fsp3) is 0.391. The monoisotopic (exact) mass is 443 g/mol. The molecule has 2 aromatic rings. The smallest absolute Gasteiger partial charge is 0.417 e. The number of halogens is 3. The van der Waals surface area contributed by atoms with Crippen molar-refractivity contribution < 1.29 is 28.1 Å². The molecule has 166 valence electrons. The van der Waals surface area contributed by atoms with E-state index >= 15 is 0 Å². The van der Waals surface area contributed by atoms with Gasteiger partial charge in [0, 0.05) is 5.69 Å². The first-order valence-corrected chi connectivity index (χ1v) is 10.1. The summed E-state index contributed by atoms with van der Waals surface area (Å²) in [6, 6.07) is 11.3. The van der Waals surface area contributed by atoms with Crippen molar-refractivity contribution in [2.75, 3.05) is 11.9 Å². The lowest BCUT2D eigenvalue weighted by atomic mass is 9.68. The van der Waals surface area contributed by atoms with E-state index in [4.69, 9.17) is 15.3 Å². The van der Waals surface area contributed by atoms with Crippen LogP contribution in [0.25, 0.3) is 0 Å². The lowest BCUT2D eigenvalue weighted by Gasteiger charge is -2.50. The van der Waals surface area contributed by atoms with E-state index in [9.17, 15) is 23.4 Å². The van der Waals surface area contributed by atoms with Crippen molar-refractivity contribution in [3.8, 4) is 17.9 Å². The molecule has 32 heavy (non-hydrogen) atoms. The Bertz CT molecular complexity index is 1100. The van der Waals surface area contributed by atoms with Gasteiger partial charge < -0.3 is 20.3 Å². The van der Waals surface area contributed by atoms with Gasteiger partial charge in [0.15, 0.2) is 0 Å². The molecular formula is C23H20F3N3O3. The van der Waals surface area contributed by atoms with Crippen LogP contribution in [0.2, 0.25) is 0 Å². The Balaban J connectivity index is 1.63. The highest BCUT2D eigenvalue weighted by Gasteiger charge is 2.52. The Morgan fingerprint density at radius 3 is 2.47 bits per heavy atom. The maximum Gasteiger partial charge on any atom is 0.417 e. The second-order valence-electron chi connectivity index (χ2n) is 8.26. The topological polar surface area (TPSA) is 109 Å². The number of nitrogens with one attached hydrogen (secondary N) is 1. The Labute approximate surface area is 182 Å². The van der Waals surface area contributed by atoms with Gasteiger partial charge in [0.2, 0.25) is 0 Å². The third-order valence-electron chi connectivity index (χ3n) is 6.31. The largest absolute Gasteiger partial charge is 0.490 e. The van der Waals surface area contributed by atoms with Gasteiger partial charge in [0.25, 0.3) is 0 Å². The molecule has 9 heteroatoms. The van der Waals surface area contributed by atoms with Crippen LogP contribution in [0.4, 0.5) is 18.9 Å². The van der Waals surface area contributed by atoms with Gasteiger partial charge in [-0.2, -0.15) is 23.7 Å². The summed E-state index contributed by atoms with van der Waals surface area (Å²) in [6.45, 7) is -0.286. The maximum atomic E-state index is 13.4. The number of rotatable bonds is 3. The van der Waals surface area contributed by atoms with E-state index in [1.54, 1.807) is 30.3 Å². The average molecular weight is 443 g/mol. The van der Waals surface area contributed by atoms with Crippen molar-refractivity contribution in [1.29, 1.82) is 10.5 Å². The maximum absolute atomic E-state index is 13.4. The third-order valence-corrected chi connectivity index (χ3v) is 6.31. The van der Waals surface area contributed by atoms with Crippen LogP contribution in [-0.4, -0.2) is 34.6 Å². The molecule has 1 aliphatic heterocycles. The molecule has 1 saturated carbocycles. The lowest BCUT2D eigenvalue weighted by molar-refractivity contribution is -0.141. The fourth-order valence-electron chi connectivity index (χ4n) is 4.60. The van der Waals surface area contributed by atoms with Gasteiger partial charge in [-0.1, -0.05) is 0 Å². The summed E-state index contributed by atoms with van der Waals surface area (Å²) in [5, 5.41) is 43.0. The SMILES string of the molecule is N#Cc1ccc(OC[C@@]2(O)C(O)CCC3Cc4cc(C#N)c(C(F)(F)F)cc4NC32)cc1. The number of ether oxygens (including phenoxy) is 1. The first-order valence-electron chi connectivity index (χ1n) is 10.1. The summed E-state index contributed by atoms with van der Waals surface area (Å²) in [5.41, 5.74) is -2.03. The van der Waals surface area contributed by atoms with E-state index in [-0.39, 0.29) is 18.2 Å². The summed E-state index contributed by atoms with van der Waals surface area (Å²) in [5.74, 6) is 0.227. The van der Waals surface area contributed by atoms with Crippen molar-refractivity contribution in [3.63, 3.8) is 0 Å². The van der Waals surface area contributed by atoms with E-state index < -0.39 is 35.1 Å². The van der Waals surface area contributed by atoms with Crippen LogP contribution in [0.5, 0.6) is 5.75 Å². The number of hydrogen-bond donors (Lipinski definition) is 3. The number of nitriles is 2. The minimum absolute atomic E-state index is 0.163. The second kappa shape index (κ2) is 8.01. The first kappa shape index (κ1) is 21.9. The molecule has 0 bridgehead atoms. The van der Waals surface area contributed by atoms with Crippen molar-refractivity contribution in [2.24, 2.45) is 5.92 Å². The van der Waals surface area contributed by atoms with Gasteiger partial charge in [-0.15, -0.1) is 0 Å². The number of aliphatic hydroxyl groups is 2. The van der Waals surface area contributed by atoms with Crippen molar-refractivity contribution in [2.45, 2.75) is 43.2 Å². The van der Waals surface area contributed by atoms with Gasteiger partial charge in [-0.25, -0.2) is 0 Å². The number of benzene rings is 2. The second-order valence-corrected chi connectivity index (χ2v) is 8.26. The summed E-state index contributed by atoms with van der Waals surface area (Å²) in [6.07, 6.45) is -4.61. The average Bonchev–Trinajstić information content (AvgIpc) is 2.78. The molecule has 0 amide bonds. The highest BCUT2D eigenvalue weighted by molar-refractivity contribution is 5.62. The Hall–Kier alpha value is -3.27. The van der Waals surface area contributed by atoms with Crippen LogP contribution in [0.1, 0.15) is 35.1 Å². The molecule has 4 rings (SSSR count). The molecule has 3 N–H and O–H groups in total. The molecule has 1 aliphatic carbocycles. The Morgan fingerprint density at radius 2 is 1.84 bits per heavy atom. The predicted molar refractivity (Wildman–Crippen MR) is 108 cm³/mol. The number of alkyl halides is 3. The summed E-state index contributed by atoms with van der Waals surface area (Å²) >= 11 is 0.